The van der Waals surface area contributed by atoms with Crippen LogP contribution in [0.1, 0.15) is 38.4 Å². The third kappa shape index (κ3) is 4.62. The summed E-state index contributed by atoms with van der Waals surface area (Å²) in [5.74, 6) is 0.569. The lowest BCUT2D eigenvalue weighted by molar-refractivity contribution is 0.0240. The van der Waals surface area contributed by atoms with E-state index in [1.165, 1.54) is 9.80 Å². The van der Waals surface area contributed by atoms with Crippen molar-refractivity contribution in [1.82, 2.24) is 19.8 Å². The Kier molecular flexibility index (Phi) is 5.71. The largest absolute Gasteiger partial charge is 0.465 e. The molecule has 1 aromatic rings. The van der Waals surface area contributed by atoms with E-state index < -0.39 is 23.8 Å². The minimum absolute atomic E-state index is 0.0577. The lowest BCUT2D eigenvalue weighted by Crippen LogP contribution is -2.55. The number of carboxylic acid groups (broad SMARTS) is 1. The number of fused-ring (bicyclic) bond motifs is 1. The number of carbonyl (C=O) groups is 2. The number of nitrogens with zero attached hydrogens (tertiary/aromatic N) is 6. The molecule has 1 aromatic heterocycles. The predicted molar refractivity (Wildman–Crippen MR) is 103 cm³/mol. The molecule has 0 saturated carbocycles. The van der Waals surface area contributed by atoms with Crippen LogP contribution < -0.4 is 4.90 Å². The molecule has 1 atom stereocenters. The van der Waals surface area contributed by atoms with Crippen LogP contribution >= 0.6 is 11.6 Å². The van der Waals surface area contributed by atoms with Gasteiger partial charge < -0.3 is 19.6 Å². The molecule has 0 aromatic carbocycles. The topological polar surface area (TPSA) is 123 Å². The van der Waals surface area contributed by atoms with Gasteiger partial charge in [-0.2, -0.15) is 5.26 Å². The van der Waals surface area contributed by atoms with Crippen molar-refractivity contribution < 1.29 is 19.4 Å². The summed E-state index contributed by atoms with van der Waals surface area (Å²) in [5.41, 5.74) is 0.790. The fourth-order valence-corrected chi connectivity index (χ4v) is 3.69. The highest BCUT2D eigenvalue weighted by Crippen LogP contribution is 2.32. The number of carbonyl (C=O) groups excluding carboxylic acids is 1. The van der Waals surface area contributed by atoms with Crippen LogP contribution in [-0.2, 0) is 17.8 Å². The molecule has 1 saturated heterocycles. The zero-order chi connectivity index (χ0) is 21.3. The molecule has 156 valence electrons. The number of aromatic nitrogens is 2. The maximum absolute atomic E-state index is 12.5. The Morgan fingerprint density at radius 3 is 2.66 bits per heavy atom. The Bertz CT molecular complexity index is 865. The number of ether oxygens (including phenoxy) is 1. The maximum Gasteiger partial charge on any atom is 0.410 e. The van der Waals surface area contributed by atoms with Gasteiger partial charge in [-0.1, -0.05) is 0 Å². The number of rotatable bonds is 2. The molecule has 3 heterocycles. The predicted octanol–water partition coefficient (Wildman–Crippen LogP) is 2.46. The second-order valence-electron chi connectivity index (χ2n) is 8.02. The van der Waals surface area contributed by atoms with Gasteiger partial charge in [0.15, 0.2) is 0 Å². The van der Waals surface area contributed by atoms with Crippen molar-refractivity contribution in [2.24, 2.45) is 0 Å². The van der Waals surface area contributed by atoms with E-state index in [2.05, 4.69) is 9.97 Å². The van der Waals surface area contributed by atoms with Gasteiger partial charge in [-0.25, -0.2) is 19.6 Å². The highest BCUT2D eigenvalue weighted by Gasteiger charge is 2.36. The van der Waals surface area contributed by atoms with Gasteiger partial charge in [-0.3, -0.25) is 4.90 Å². The Labute approximate surface area is 173 Å². The molecule has 10 nitrogen and oxygen atoms in total. The van der Waals surface area contributed by atoms with Gasteiger partial charge in [0, 0.05) is 25.2 Å². The molecule has 0 unspecified atom stereocenters. The first-order chi connectivity index (χ1) is 13.6. The average Bonchev–Trinajstić information content (AvgIpc) is 3.03. The van der Waals surface area contributed by atoms with Crippen molar-refractivity contribution in [3.8, 4) is 6.07 Å². The summed E-state index contributed by atoms with van der Waals surface area (Å²) >= 11 is 6.12. The van der Waals surface area contributed by atoms with E-state index in [9.17, 15) is 14.7 Å². The molecule has 3 rings (SSSR count). The lowest BCUT2D eigenvalue weighted by Gasteiger charge is -2.40. The minimum atomic E-state index is -1.05. The maximum atomic E-state index is 12.5. The van der Waals surface area contributed by atoms with Crippen LogP contribution in [0.4, 0.5) is 15.4 Å². The molecule has 0 bridgehead atoms. The van der Waals surface area contributed by atoms with E-state index in [1.54, 1.807) is 20.8 Å². The number of hydrogen-bond donors (Lipinski definition) is 1. The first-order valence-corrected chi connectivity index (χ1v) is 9.61. The lowest BCUT2D eigenvalue weighted by atomic mass is 10.1. The molecule has 0 spiro atoms. The average molecular weight is 423 g/mol. The quantitative estimate of drug-likeness (QED) is 0.721. The Hall–Kier alpha value is -2.80. The smallest absolute Gasteiger partial charge is 0.410 e. The minimum Gasteiger partial charge on any atom is -0.465 e. The molecule has 1 N–H and O–H groups in total. The van der Waals surface area contributed by atoms with Gasteiger partial charge in [0.1, 0.15) is 11.4 Å². The normalized spacial score (nSPS) is 19.0. The zero-order valence-corrected chi connectivity index (χ0v) is 17.3. The first kappa shape index (κ1) is 20.9. The van der Waals surface area contributed by atoms with E-state index in [4.69, 9.17) is 21.6 Å². The van der Waals surface area contributed by atoms with Gasteiger partial charge in [-0.15, -0.1) is 0 Å². The molecule has 11 heteroatoms. The number of anilines is 1. The number of piperazine rings is 1. The van der Waals surface area contributed by atoms with Gasteiger partial charge in [-0.05, 0) is 32.4 Å². The number of halogens is 1. The molecular weight excluding hydrogens is 400 g/mol. The monoisotopic (exact) mass is 422 g/mol. The molecule has 0 radical (unpaired) electrons. The summed E-state index contributed by atoms with van der Waals surface area (Å²) in [5, 5.41) is 18.5. The summed E-state index contributed by atoms with van der Waals surface area (Å²) in [6, 6.07) is 1.57. The van der Waals surface area contributed by atoms with E-state index >= 15 is 0 Å². The van der Waals surface area contributed by atoms with Crippen molar-refractivity contribution in [3.05, 3.63) is 16.5 Å². The number of nitriles is 1. The fourth-order valence-electron chi connectivity index (χ4n) is 3.50. The van der Waals surface area contributed by atoms with Crippen LogP contribution in [0.3, 0.4) is 0 Å². The van der Waals surface area contributed by atoms with E-state index in [0.717, 1.165) is 5.56 Å². The SMILES string of the molecule is CC(C)(C)OC(=O)N1Cc2nc(Cl)nc(N3CCN(C(=O)O)[C@@H](CC#N)C3)c2C1. The van der Waals surface area contributed by atoms with Crippen LogP contribution in [0.5, 0.6) is 0 Å². The standard InChI is InChI=1S/C18H23ClN6O4/c1-18(2,3)29-17(28)24-9-12-13(10-24)21-15(19)22-14(12)23-6-7-25(16(26)27)11(8-23)4-5-20/h11H,4,6-10H2,1-3H3,(H,26,27)/t11-/m0/s1. The zero-order valence-electron chi connectivity index (χ0n) is 16.6. The van der Waals surface area contributed by atoms with E-state index in [0.29, 0.717) is 24.6 Å². The van der Waals surface area contributed by atoms with Crippen LogP contribution in [0, 0.1) is 11.3 Å². The fraction of sp³-hybridized carbons (Fsp3) is 0.611. The summed E-state index contributed by atoms with van der Waals surface area (Å²) in [4.78, 5) is 37.2. The molecule has 2 amide bonds. The van der Waals surface area contributed by atoms with Gasteiger partial charge in [0.2, 0.25) is 5.28 Å². The number of hydrogen-bond acceptors (Lipinski definition) is 7. The first-order valence-electron chi connectivity index (χ1n) is 9.23. The second kappa shape index (κ2) is 7.91. The van der Waals surface area contributed by atoms with Gasteiger partial charge in [0.25, 0.3) is 0 Å². The van der Waals surface area contributed by atoms with Crippen LogP contribution in [0.2, 0.25) is 5.28 Å². The Morgan fingerprint density at radius 1 is 1.31 bits per heavy atom. The Morgan fingerprint density at radius 2 is 2.03 bits per heavy atom. The van der Waals surface area contributed by atoms with E-state index in [-0.39, 0.29) is 31.3 Å². The van der Waals surface area contributed by atoms with Gasteiger partial charge >= 0.3 is 12.2 Å². The van der Waals surface area contributed by atoms with Crippen molar-refractivity contribution in [1.29, 1.82) is 5.26 Å². The highest BCUT2D eigenvalue weighted by atomic mass is 35.5. The van der Waals surface area contributed by atoms with Crippen LogP contribution in [0.15, 0.2) is 0 Å². The molecule has 2 aliphatic heterocycles. The second-order valence-corrected chi connectivity index (χ2v) is 8.35. The molecular formula is C18H23ClN6O4. The summed E-state index contributed by atoms with van der Waals surface area (Å²) < 4.78 is 5.44. The molecule has 29 heavy (non-hydrogen) atoms. The molecule has 2 aliphatic rings. The summed E-state index contributed by atoms with van der Waals surface area (Å²) in [6.45, 7) is 6.89. The van der Waals surface area contributed by atoms with Crippen LogP contribution in [0.25, 0.3) is 0 Å². The summed E-state index contributed by atoms with van der Waals surface area (Å²) in [6.07, 6.45) is -1.42. The van der Waals surface area contributed by atoms with E-state index in [1.807, 2.05) is 11.0 Å². The Balaban J connectivity index is 1.84. The van der Waals surface area contributed by atoms with Crippen LogP contribution in [-0.4, -0.2) is 68.3 Å². The van der Waals surface area contributed by atoms with Crippen molar-refractivity contribution in [3.63, 3.8) is 0 Å². The van der Waals surface area contributed by atoms with Crippen molar-refractivity contribution in [2.75, 3.05) is 24.5 Å². The highest BCUT2D eigenvalue weighted by molar-refractivity contribution is 6.28. The van der Waals surface area contributed by atoms with Gasteiger partial charge in [0.05, 0.1) is 37.3 Å². The third-order valence-corrected chi connectivity index (χ3v) is 4.91. The molecule has 1 fully saturated rings. The third-order valence-electron chi connectivity index (χ3n) is 4.74. The van der Waals surface area contributed by atoms with Crippen molar-refractivity contribution in [2.45, 2.75) is 51.9 Å². The molecule has 0 aliphatic carbocycles. The van der Waals surface area contributed by atoms with Crippen molar-refractivity contribution >= 4 is 29.6 Å². The number of amides is 2. The summed E-state index contributed by atoms with van der Waals surface area (Å²) in [7, 11) is 0.